The van der Waals surface area contributed by atoms with Gasteiger partial charge < -0.3 is 15.6 Å². The summed E-state index contributed by atoms with van der Waals surface area (Å²) in [5.74, 6) is -1.21. The Bertz CT molecular complexity index is 145. The Labute approximate surface area is 65.6 Å². The van der Waals surface area contributed by atoms with Crippen molar-refractivity contribution in [2.45, 2.75) is 12.6 Å². The van der Waals surface area contributed by atoms with Crippen LogP contribution in [0, 0.1) is 5.92 Å². The average molecular weight is 159 g/mol. The van der Waals surface area contributed by atoms with E-state index in [-0.39, 0.29) is 0 Å². The first-order chi connectivity index (χ1) is 5.13. The van der Waals surface area contributed by atoms with E-state index >= 15 is 0 Å². The first-order valence-electron chi connectivity index (χ1n) is 3.25. The first-order valence-corrected chi connectivity index (χ1v) is 3.25. The molecule has 4 nitrogen and oxygen atoms in total. The topological polar surface area (TPSA) is 72.5 Å². The number of ether oxygens (including phenoxy) is 1. The average Bonchev–Trinajstić information content (AvgIpc) is 1.98. The molecule has 0 aliphatic rings. The normalized spacial score (nSPS) is 15.2. The molecule has 0 rings (SSSR count). The van der Waals surface area contributed by atoms with Crippen LogP contribution in [-0.4, -0.2) is 24.4 Å². The molecule has 0 aromatic heterocycles. The number of carbonyl (C=O) groups is 1. The van der Waals surface area contributed by atoms with Crippen molar-refractivity contribution < 1.29 is 14.6 Å². The van der Waals surface area contributed by atoms with Crippen LogP contribution < -0.4 is 5.73 Å². The fourth-order valence-electron chi connectivity index (χ4n) is 0.706. The SMILES string of the molecule is C=CCC(C(=O)OC)C(N)O. The van der Waals surface area contributed by atoms with Crippen molar-refractivity contribution in [3.63, 3.8) is 0 Å². The summed E-state index contributed by atoms with van der Waals surface area (Å²) in [6, 6.07) is 0. The van der Waals surface area contributed by atoms with Crippen molar-refractivity contribution in [3.05, 3.63) is 12.7 Å². The Balaban J connectivity index is 4.08. The fourth-order valence-corrected chi connectivity index (χ4v) is 0.706. The van der Waals surface area contributed by atoms with E-state index in [0.717, 1.165) is 0 Å². The third kappa shape index (κ3) is 3.15. The highest BCUT2D eigenvalue weighted by molar-refractivity contribution is 5.73. The summed E-state index contributed by atoms with van der Waals surface area (Å²) in [4.78, 5) is 10.8. The van der Waals surface area contributed by atoms with Gasteiger partial charge in [-0.05, 0) is 6.42 Å². The molecule has 0 bridgehead atoms. The summed E-state index contributed by atoms with van der Waals surface area (Å²) >= 11 is 0. The number of aliphatic hydroxyl groups is 1. The number of nitrogens with two attached hydrogens (primary N) is 1. The largest absolute Gasteiger partial charge is 0.469 e. The smallest absolute Gasteiger partial charge is 0.313 e. The van der Waals surface area contributed by atoms with E-state index in [4.69, 9.17) is 10.8 Å². The Morgan fingerprint density at radius 2 is 2.45 bits per heavy atom. The minimum absolute atomic E-state index is 0.324. The molecule has 11 heavy (non-hydrogen) atoms. The van der Waals surface area contributed by atoms with E-state index < -0.39 is 18.1 Å². The van der Waals surface area contributed by atoms with Gasteiger partial charge in [-0.3, -0.25) is 4.79 Å². The summed E-state index contributed by atoms with van der Waals surface area (Å²) in [7, 11) is 1.25. The predicted octanol–water partition coefficient (Wildman–Crippen LogP) is -0.371. The van der Waals surface area contributed by atoms with Crippen molar-refractivity contribution >= 4 is 5.97 Å². The quantitative estimate of drug-likeness (QED) is 0.333. The zero-order valence-corrected chi connectivity index (χ0v) is 6.49. The Morgan fingerprint density at radius 1 is 1.91 bits per heavy atom. The molecule has 0 spiro atoms. The minimum Gasteiger partial charge on any atom is -0.469 e. The molecule has 0 fully saturated rings. The lowest BCUT2D eigenvalue weighted by Crippen LogP contribution is -2.35. The van der Waals surface area contributed by atoms with Crippen molar-refractivity contribution in [2.75, 3.05) is 7.11 Å². The van der Waals surface area contributed by atoms with Gasteiger partial charge in [0.15, 0.2) is 0 Å². The maximum absolute atomic E-state index is 10.8. The second-order valence-corrected chi connectivity index (χ2v) is 2.14. The molecule has 0 aliphatic heterocycles. The molecule has 64 valence electrons. The van der Waals surface area contributed by atoms with Crippen molar-refractivity contribution in [1.29, 1.82) is 0 Å². The number of methoxy groups -OCH3 is 1. The molecule has 2 atom stereocenters. The highest BCUT2D eigenvalue weighted by Gasteiger charge is 2.22. The minimum atomic E-state index is -1.18. The highest BCUT2D eigenvalue weighted by Crippen LogP contribution is 2.07. The third-order valence-electron chi connectivity index (χ3n) is 1.34. The predicted molar refractivity (Wildman–Crippen MR) is 40.5 cm³/mol. The molecular weight excluding hydrogens is 146 g/mol. The van der Waals surface area contributed by atoms with Crippen LogP contribution in [0.15, 0.2) is 12.7 Å². The molecule has 0 radical (unpaired) electrons. The number of hydrogen-bond acceptors (Lipinski definition) is 4. The van der Waals surface area contributed by atoms with Gasteiger partial charge in [0.05, 0.1) is 13.0 Å². The third-order valence-corrected chi connectivity index (χ3v) is 1.34. The van der Waals surface area contributed by atoms with Crippen LogP contribution in [0.1, 0.15) is 6.42 Å². The maximum atomic E-state index is 10.8. The lowest BCUT2D eigenvalue weighted by atomic mass is 10.0. The van der Waals surface area contributed by atoms with Crippen LogP contribution in [0.3, 0.4) is 0 Å². The Kier molecular flexibility index (Phi) is 4.49. The molecule has 0 heterocycles. The number of rotatable bonds is 4. The van der Waals surface area contributed by atoms with Gasteiger partial charge in [-0.25, -0.2) is 0 Å². The fraction of sp³-hybridized carbons (Fsp3) is 0.571. The number of aliphatic hydroxyl groups excluding tert-OH is 1. The van der Waals surface area contributed by atoms with Gasteiger partial charge >= 0.3 is 5.97 Å². The Hall–Kier alpha value is -0.870. The van der Waals surface area contributed by atoms with Gasteiger partial charge in [-0.2, -0.15) is 0 Å². The first kappa shape index (κ1) is 10.1. The van der Waals surface area contributed by atoms with Gasteiger partial charge in [0, 0.05) is 0 Å². The van der Waals surface area contributed by atoms with Crippen LogP contribution in [0.5, 0.6) is 0 Å². The lowest BCUT2D eigenvalue weighted by molar-refractivity contribution is -0.149. The molecule has 0 aromatic carbocycles. The number of allylic oxidation sites excluding steroid dienone is 1. The summed E-state index contributed by atoms with van der Waals surface area (Å²) in [5, 5.41) is 8.87. The summed E-state index contributed by atoms with van der Waals surface area (Å²) < 4.78 is 4.40. The summed E-state index contributed by atoms with van der Waals surface area (Å²) in [6.45, 7) is 3.43. The number of hydrogen-bond donors (Lipinski definition) is 2. The van der Waals surface area contributed by atoms with Crippen molar-refractivity contribution in [1.82, 2.24) is 0 Å². The standard InChI is InChI=1S/C7H13NO3/c1-3-4-5(6(8)9)7(10)11-2/h3,5-6,9H,1,4,8H2,2H3. The molecule has 4 heteroatoms. The van der Waals surface area contributed by atoms with Crippen molar-refractivity contribution in [2.24, 2.45) is 11.7 Å². The van der Waals surface area contributed by atoms with Crippen LogP contribution >= 0.6 is 0 Å². The summed E-state index contributed by atoms with van der Waals surface area (Å²) in [6.07, 6.45) is 0.655. The van der Waals surface area contributed by atoms with Gasteiger partial charge in [-0.1, -0.05) is 6.08 Å². The van der Waals surface area contributed by atoms with Crippen LogP contribution in [0.2, 0.25) is 0 Å². The van der Waals surface area contributed by atoms with E-state index in [1.807, 2.05) is 0 Å². The lowest BCUT2D eigenvalue weighted by Gasteiger charge is -2.14. The van der Waals surface area contributed by atoms with Gasteiger partial charge in [-0.15, -0.1) is 6.58 Å². The molecule has 0 saturated carbocycles. The molecule has 2 unspecified atom stereocenters. The van der Waals surface area contributed by atoms with Crippen LogP contribution in [0.25, 0.3) is 0 Å². The number of esters is 1. The van der Waals surface area contributed by atoms with Crippen LogP contribution in [0.4, 0.5) is 0 Å². The maximum Gasteiger partial charge on any atom is 0.313 e. The molecule has 3 N–H and O–H groups in total. The second-order valence-electron chi connectivity index (χ2n) is 2.14. The molecule has 0 amide bonds. The molecule has 0 saturated heterocycles. The van der Waals surface area contributed by atoms with E-state index in [0.29, 0.717) is 6.42 Å². The summed E-state index contributed by atoms with van der Waals surface area (Å²) in [5.41, 5.74) is 5.11. The van der Waals surface area contributed by atoms with Gasteiger partial charge in [0.2, 0.25) is 0 Å². The van der Waals surface area contributed by atoms with Crippen LogP contribution in [-0.2, 0) is 9.53 Å². The van der Waals surface area contributed by atoms with Crippen molar-refractivity contribution in [3.8, 4) is 0 Å². The monoisotopic (exact) mass is 159 g/mol. The van der Waals surface area contributed by atoms with E-state index in [1.54, 1.807) is 0 Å². The zero-order chi connectivity index (χ0) is 8.85. The zero-order valence-electron chi connectivity index (χ0n) is 6.49. The molecule has 0 aromatic rings. The number of carbonyl (C=O) groups excluding carboxylic acids is 1. The van der Waals surface area contributed by atoms with E-state index in [1.165, 1.54) is 13.2 Å². The van der Waals surface area contributed by atoms with Gasteiger partial charge in [0.1, 0.15) is 6.23 Å². The Morgan fingerprint density at radius 3 is 2.73 bits per heavy atom. The highest BCUT2D eigenvalue weighted by atomic mass is 16.5. The van der Waals surface area contributed by atoms with Gasteiger partial charge in [0.25, 0.3) is 0 Å². The molecule has 0 aliphatic carbocycles. The molecular formula is C7H13NO3. The second kappa shape index (κ2) is 4.87. The van der Waals surface area contributed by atoms with E-state index in [9.17, 15) is 4.79 Å². The van der Waals surface area contributed by atoms with E-state index in [2.05, 4.69) is 11.3 Å².